The lowest BCUT2D eigenvalue weighted by Gasteiger charge is -2.28. The van der Waals surface area contributed by atoms with Crippen LogP contribution in [-0.4, -0.2) is 30.1 Å². The molecule has 1 aliphatic carbocycles. The van der Waals surface area contributed by atoms with Crippen LogP contribution >= 0.6 is 7.60 Å². The van der Waals surface area contributed by atoms with Crippen molar-refractivity contribution in [1.29, 1.82) is 0 Å². The molecule has 0 aliphatic heterocycles. The molecule has 0 aromatic heterocycles. The van der Waals surface area contributed by atoms with E-state index >= 15 is 0 Å². The number of hydrogen-bond acceptors (Lipinski definition) is 4. The van der Waals surface area contributed by atoms with Crippen LogP contribution in [0.5, 0.6) is 0 Å². The van der Waals surface area contributed by atoms with Gasteiger partial charge >= 0.3 is 7.60 Å². The van der Waals surface area contributed by atoms with Crippen LogP contribution in [0.2, 0.25) is 0 Å². The SMILES string of the molecule is CCOP(=O)(CC1(O)C=CC=CC1)OCC. The second kappa shape index (κ2) is 5.78. The maximum Gasteiger partial charge on any atom is 0.333 e. The van der Waals surface area contributed by atoms with Crippen molar-refractivity contribution in [3.8, 4) is 0 Å². The largest absolute Gasteiger partial charge is 0.385 e. The van der Waals surface area contributed by atoms with E-state index in [4.69, 9.17) is 9.05 Å². The molecule has 0 heterocycles. The van der Waals surface area contributed by atoms with E-state index < -0.39 is 13.2 Å². The number of rotatable bonds is 6. The Labute approximate surface area is 96.5 Å². The average Bonchev–Trinajstić information content (AvgIpc) is 2.17. The Balaban J connectivity index is 2.71. The third kappa shape index (κ3) is 3.87. The Bertz CT molecular complexity index is 314. The smallest absolute Gasteiger partial charge is 0.333 e. The van der Waals surface area contributed by atoms with Gasteiger partial charge in [0.1, 0.15) is 0 Å². The van der Waals surface area contributed by atoms with Crippen LogP contribution in [0, 0.1) is 0 Å². The summed E-state index contributed by atoms with van der Waals surface area (Å²) in [6.45, 7) is 4.14. The molecule has 1 aliphatic rings. The van der Waals surface area contributed by atoms with Gasteiger partial charge in [0.2, 0.25) is 0 Å². The van der Waals surface area contributed by atoms with E-state index in [-0.39, 0.29) is 6.16 Å². The molecule has 1 unspecified atom stereocenters. The van der Waals surface area contributed by atoms with Gasteiger partial charge in [-0.3, -0.25) is 4.57 Å². The quantitative estimate of drug-likeness (QED) is 0.731. The van der Waals surface area contributed by atoms with Crippen LogP contribution in [0.3, 0.4) is 0 Å². The topological polar surface area (TPSA) is 55.8 Å². The lowest BCUT2D eigenvalue weighted by atomic mass is 9.98. The molecule has 0 amide bonds. The summed E-state index contributed by atoms with van der Waals surface area (Å²) >= 11 is 0. The molecule has 1 rings (SSSR count). The molecule has 0 spiro atoms. The highest BCUT2D eigenvalue weighted by molar-refractivity contribution is 7.53. The van der Waals surface area contributed by atoms with Gasteiger partial charge < -0.3 is 14.2 Å². The number of hydrogen-bond donors (Lipinski definition) is 1. The van der Waals surface area contributed by atoms with Crippen molar-refractivity contribution in [2.45, 2.75) is 25.9 Å². The van der Waals surface area contributed by atoms with Crippen LogP contribution in [-0.2, 0) is 13.6 Å². The molecule has 1 N–H and O–H groups in total. The molecular formula is C11H19O4P. The summed E-state index contributed by atoms with van der Waals surface area (Å²) in [5, 5.41) is 10.2. The normalized spacial score (nSPS) is 24.9. The fourth-order valence-electron chi connectivity index (χ4n) is 1.63. The first-order valence-electron chi connectivity index (χ1n) is 5.48. The van der Waals surface area contributed by atoms with E-state index in [2.05, 4.69) is 0 Å². The van der Waals surface area contributed by atoms with Crippen LogP contribution in [0.1, 0.15) is 20.3 Å². The van der Waals surface area contributed by atoms with Crippen molar-refractivity contribution in [2.24, 2.45) is 0 Å². The monoisotopic (exact) mass is 246 g/mol. The van der Waals surface area contributed by atoms with Gasteiger partial charge in [-0.15, -0.1) is 0 Å². The van der Waals surface area contributed by atoms with E-state index in [0.29, 0.717) is 19.6 Å². The molecule has 0 aromatic rings. The maximum atomic E-state index is 12.2. The maximum absolute atomic E-state index is 12.2. The lowest BCUT2D eigenvalue weighted by Crippen LogP contribution is -2.31. The summed E-state index contributed by atoms with van der Waals surface area (Å²) in [6, 6.07) is 0. The van der Waals surface area contributed by atoms with Gasteiger partial charge in [0.15, 0.2) is 0 Å². The van der Waals surface area contributed by atoms with Gasteiger partial charge in [-0.1, -0.05) is 24.3 Å². The van der Waals surface area contributed by atoms with Crippen molar-refractivity contribution < 1.29 is 18.7 Å². The highest BCUT2D eigenvalue weighted by atomic mass is 31.2. The number of aliphatic hydroxyl groups is 1. The van der Waals surface area contributed by atoms with Gasteiger partial charge in [0.25, 0.3) is 0 Å². The Kier molecular flexibility index (Phi) is 4.93. The zero-order chi connectivity index (χ0) is 12.1. The first kappa shape index (κ1) is 13.7. The molecule has 4 nitrogen and oxygen atoms in total. The van der Waals surface area contributed by atoms with Crippen LogP contribution in [0.4, 0.5) is 0 Å². The first-order chi connectivity index (χ1) is 7.54. The van der Waals surface area contributed by atoms with Crippen molar-refractivity contribution >= 4 is 7.60 Å². The Morgan fingerprint density at radius 1 is 1.31 bits per heavy atom. The van der Waals surface area contributed by atoms with Crippen molar-refractivity contribution in [1.82, 2.24) is 0 Å². The van der Waals surface area contributed by atoms with E-state index in [1.807, 2.05) is 12.2 Å². The van der Waals surface area contributed by atoms with E-state index in [1.54, 1.807) is 26.0 Å². The van der Waals surface area contributed by atoms with E-state index in [1.165, 1.54) is 0 Å². The molecular weight excluding hydrogens is 227 g/mol. The fraction of sp³-hybridized carbons (Fsp3) is 0.636. The molecule has 16 heavy (non-hydrogen) atoms. The van der Waals surface area contributed by atoms with Crippen LogP contribution < -0.4 is 0 Å². The molecule has 0 saturated carbocycles. The molecule has 1 atom stereocenters. The van der Waals surface area contributed by atoms with E-state index in [9.17, 15) is 9.67 Å². The summed E-state index contributed by atoms with van der Waals surface area (Å²) in [4.78, 5) is 0. The van der Waals surface area contributed by atoms with Gasteiger partial charge in [0, 0.05) is 0 Å². The second-order valence-electron chi connectivity index (χ2n) is 3.70. The molecule has 92 valence electrons. The molecule has 0 radical (unpaired) electrons. The second-order valence-corrected chi connectivity index (χ2v) is 5.75. The minimum Gasteiger partial charge on any atom is -0.385 e. The molecule has 5 heteroatoms. The minimum absolute atomic E-state index is 0.00250. The van der Waals surface area contributed by atoms with Gasteiger partial charge in [-0.05, 0) is 20.3 Å². The Morgan fingerprint density at radius 3 is 2.38 bits per heavy atom. The third-order valence-corrected chi connectivity index (χ3v) is 4.48. The van der Waals surface area contributed by atoms with Crippen molar-refractivity contribution in [3.63, 3.8) is 0 Å². The van der Waals surface area contributed by atoms with Gasteiger partial charge in [0.05, 0.1) is 25.0 Å². The Hall–Kier alpha value is -0.410. The Morgan fingerprint density at radius 2 is 1.94 bits per heavy atom. The van der Waals surface area contributed by atoms with Gasteiger partial charge in [-0.2, -0.15) is 0 Å². The zero-order valence-electron chi connectivity index (χ0n) is 9.76. The molecule has 0 aromatic carbocycles. The first-order valence-corrected chi connectivity index (χ1v) is 7.21. The summed E-state index contributed by atoms with van der Waals surface area (Å²) in [5.41, 5.74) is -1.12. The minimum atomic E-state index is -3.19. The number of allylic oxidation sites excluding steroid dienone is 2. The fourth-order valence-corrected chi connectivity index (χ4v) is 3.58. The standard InChI is InChI=1S/C11H19O4P/c1-3-14-16(13,15-4-2)10-11(12)8-6-5-7-9-11/h5-8,12H,3-4,9-10H2,1-2H3. The van der Waals surface area contributed by atoms with Crippen molar-refractivity contribution in [3.05, 3.63) is 24.3 Å². The van der Waals surface area contributed by atoms with Gasteiger partial charge in [-0.25, -0.2) is 0 Å². The molecule has 0 fully saturated rings. The summed E-state index contributed by atoms with van der Waals surface area (Å²) < 4.78 is 22.5. The van der Waals surface area contributed by atoms with Crippen LogP contribution in [0.25, 0.3) is 0 Å². The third-order valence-electron chi connectivity index (χ3n) is 2.24. The summed E-state index contributed by atoms with van der Waals surface area (Å²) in [6.07, 6.45) is 7.50. The van der Waals surface area contributed by atoms with Crippen LogP contribution in [0.15, 0.2) is 24.3 Å². The lowest BCUT2D eigenvalue weighted by molar-refractivity contribution is 0.104. The summed E-state index contributed by atoms with van der Waals surface area (Å²) in [7, 11) is -3.19. The molecule has 0 saturated heterocycles. The highest BCUT2D eigenvalue weighted by Gasteiger charge is 2.36. The predicted octanol–water partition coefficient (Wildman–Crippen LogP) is 2.50. The zero-order valence-corrected chi connectivity index (χ0v) is 10.7. The van der Waals surface area contributed by atoms with Crippen molar-refractivity contribution in [2.75, 3.05) is 19.4 Å². The predicted molar refractivity (Wildman–Crippen MR) is 63.6 cm³/mol. The molecule has 0 bridgehead atoms. The summed E-state index contributed by atoms with van der Waals surface area (Å²) in [5.74, 6) is 0. The average molecular weight is 246 g/mol. The highest BCUT2D eigenvalue weighted by Crippen LogP contribution is 2.51. The van der Waals surface area contributed by atoms with E-state index in [0.717, 1.165) is 0 Å².